The van der Waals surface area contributed by atoms with E-state index in [0.717, 1.165) is 5.56 Å². The summed E-state index contributed by atoms with van der Waals surface area (Å²) in [6.45, 7) is 1.64. The van der Waals surface area contributed by atoms with Gasteiger partial charge in [-0.2, -0.15) is 0 Å². The molecule has 0 atom stereocenters. The molecule has 1 aromatic carbocycles. The summed E-state index contributed by atoms with van der Waals surface area (Å²) in [5.41, 5.74) is 1.82. The van der Waals surface area contributed by atoms with E-state index in [2.05, 4.69) is 4.72 Å². The Hall–Kier alpha value is -1.99. The minimum Gasteiger partial charge on any atom is -0.495 e. The molecule has 0 aliphatic carbocycles. The first-order chi connectivity index (χ1) is 9.87. The number of aryl methyl sites for hydroxylation is 2. The van der Waals surface area contributed by atoms with Crippen LogP contribution in [0.1, 0.15) is 11.3 Å². The lowest BCUT2D eigenvalue weighted by atomic mass is 10.2. The van der Waals surface area contributed by atoms with Gasteiger partial charge in [0.2, 0.25) is 0 Å². The minimum absolute atomic E-state index is 0.0950. The lowest BCUT2D eigenvalue weighted by Gasteiger charge is -2.11. The number of hydrogen-bond acceptors (Lipinski definition) is 4. The molecule has 0 aliphatic heterocycles. The molecule has 2 aromatic rings. The number of ether oxygens (including phenoxy) is 1. The topological polar surface area (TPSA) is 80.6 Å². The van der Waals surface area contributed by atoms with E-state index < -0.39 is 10.0 Å². The summed E-state index contributed by atoms with van der Waals surface area (Å²) in [6.07, 6.45) is 1.45. The first kappa shape index (κ1) is 15.4. The smallest absolute Gasteiger partial charge is 0.263 e. The van der Waals surface area contributed by atoms with E-state index in [9.17, 15) is 8.42 Å². The van der Waals surface area contributed by atoms with Gasteiger partial charge in [-0.3, -0.25) is 4.72 Å². The first-order valence-corrected chi connectivity index (χ1v) is 7.79. The van der Waals surface area contributed by atoms with Crippen LogP contribution in [0.5, 0.6) is 5.75 Å². The fourth-order valence-corrected chi connectivity index (χ4v) is 3.14. The maximum absolute atomic E-state index is 12.4. The molecule has 2 N–H and O–H groups in total. The molecular weight excluding hydrogens is 292 g/mol. The maximum atomic E-state index is 12.4. The number of nitrogens with zero attached hydrogens (tertiary/aromatic N) is 1. The minimum atomic E-state index is -3.74. The van der Waals surface area contributed by atoms with Crippen LogP contribution in [0, 0.1) is 6.92 Å². The van der Waals surface area contributed by atoms with Crippen LogP contribution in [0.15, 0.2) is 35.4 Å². The first-order valence-electron chi connectivity index (χ1n) is 6.31. The lowest BCUT2D eigenvalue weighted by molar-refractivity contribution is 0.272. The third-order valence-electron chi connectivity index (χ3n) is 3.15. The van der Waals surface area contributed by atoms with Crippen LogP contribution in [0.2, 0.25) is 0 Å². The maximum Gasteiger partial charge on any atom is 0.263 e. The molecule has 0 fully saturated rings. The Morgan fingerprint density at radius 3 is 2.62 bits per heavy atom. The third kappa shape index (κ3) is 3.20. The highest BCUT2D eigenvalue weighted by atomic mass is 32.2. The molecule has 0 saturated carbocycles. The van der Waals surface area contributed by atoms with Gasteiger partial charge in [-0.25, -0.2) is 8.42 Å². The second kappa shape index (κ2) is 5.79. The zero-order valence-corrected chi connectivity index (χ0v) is 12.9. The number of hydrogen-bond donors (Lipinski definition) is 2. The third-order valence-corrected chi connectivity index (χ3v) is 4.49. The zero-order chi connectivity index (χ0) is 15.6. The summed E-state index contributed by atoms with van der Waals surface area (Å²) in [4.78, 5) is 0.0950. The quantitative estimate of drug-likeness (QED) is 0.879. The van der Waals surface area contributed by atoms with Crippen molar-refractivity contribution < 1.29 is 18.3 Å². The number of nitrogens with one attached hydrogen (secondary N) is 1. The van der Waals surface area contributed by atoms with E-state index in [1.54, 1.807) is 23.7 Å². The lowest BCUT2D eigenvalue weighted by Crippen LogP contribution is -2.13. The van der Waals surface area contributed by atoms with Crippen molar-refractivity contribution in [3.8, 4) is 5.75 Å². The van der Waals surface area contributed by atoms with E-state index in [4.69, 9.17) is 9.84 Å². The van der Waals surface area contributed by atoms with Gasteiger partial charge in [0.15, 0.2) is 0 Å². The van der Waals surface area contributed by atoms with Crippen molar-refractivity contribution in [3.63, 3.8) is 0 Å². The van der Waals surface area contributed by atoms with Crippen LogP contribution in [0.25, 0.3) is 0 Å². The van der Waals surface area contributed by atoms with Crippen LogP contribution in [-0.2, 0) is 23.7 Å². The van der Waals surface area contributed by atoms with Gasteiger partial charge in [0, 0.05) is 18.9 Å². The molecule has 0 aliphatic rings. The second-order valence-electron chi connectivity index (χ2n) is 4.75. The number of benzene rings is 1. The second-order valence-corrected chi connectivity index (χ2v) is 6.43. The monoisotopic (exact) mass is 310 g/mol. The molecular formula is C14H18N2O4S. The van der Waals surface area contributed by atoms with Gasteiger partial charge < -0.3 is 14.4 Å². The highest BCUT2D eigenvalue weighted by molar-refractivity contribution is 7.92. The fraction of sp³-hybridized carbons (Fsp3) is 0.286. The summed E-state index contributed by atoms with van der Waals surface area (Å²) in [5.74, 6) is 0.447. The van der Waals surface area contributed by atoms with Crippen molar-refractivity contribution in [1.82, 2.24) is 4.57 Å². The number of rotatable bonds is 5. The predicted molar refractivity (Wildman–Crippen MR) is 79.9 cm³/mol. The molecule has 0 bridgehead atoms. The normalized spacial score (nSPS) is 11.4. The van der Waals surface area contributed by atoms with Gasteiger partial charge in [-0.1, -0.05) is 6.07 Å². The Labute approximate surface area is 124 Å². The Kier molecular flexibility index (Phi) is 4.24. The summed E-state index contributed by atoms with van der Waals surface area (Å²) in [5, 5.41) is 9.15. The Morgan fingerprint density at radius 2 is 2.05 bits per heavy atom. The van der Waals surface area contributed by atoms with Crippen LogP contribution in [0.4, 0.5) is 5.69 Å². The van der Waals surface area contributed by atoms with Crippen molar-refractivity contribution in [2.45, 2.75) is 18.4 Å². The SMILES string of the molecule is COc1ccc(C)cc1NS(=O)(=O)c1cc(CO)n(C)c1. The van der Waals surface area contributed by atoms with E-state index in [1.807, 2.05) is 13.0 Å². The van der Waals surface area contributed by atoms with E-state index in [0.29, 0.717) is 17.1 Å². The van der Waals surface area contributed by atoms with Crippen molar-refractivity contribution >= 4 is 15.7 Å². The van der Waals surface area contributed by atoms with E-state index in [-0.39, 0.29) is 11.5 Å². The summed E-state index contributed by atoms with van der Waals surface area (Å²) >= 11 is 0. The number of methoxy groups -OCH3 is 1. The predicted octanol–water partition coefficient (Wildman–Crippen LogP) is 1.64. The number of sulfonamides is 1. The Morgan fingerprint density at radius 1 is 1.33 bits per heavy atom. The van der Waals surface area contributed by atoms with Crippen LogP contribution < -0.4 is 9.46 Å². The molecule has 6 nitrogen and oxygen atoms in total. The molecule has 0 spiro atoms. The van der Waals surface area contributed by atoms with Gasteiger partial charge in [-0.15, -0.1) is 0 Å². The Bertz CT molecular complexity index is 750. The van der Waals surface area contributed by atoms with Crippen LogP contribution in [0.3, 0.4) is 0 Å². The summed E-state index contributed by atoms with van der Waals surface area (Å²) < 4.78 is 34.0. The molecule has 0 saturated heterocycles. The van der Waals surface area contributed by atoms with Crippen LogP contribution >= 0.6 is 0 Å². The van der Waals surface area contributed by atoms with Gasteiger partial charge in [-0.05, 0) is 30.7 Å². The summed E-state index contributed by atoms with van der Waals surface area (Å²) in [7, 11) is -0.577. The number of aliphatic hydroxyl groups is 1. The standard InChI is InChI=1S/C14H18N2O4S/c1-10-4-5-14(20-3)13(6-10)15-21(18,19)12-7-11(9-17)16(2)8-12/h4-8,15,17H,9H2,1-3H3. The molecule has 21 heavy (non-hydrogen) atoms. The van der Waals surface area contributed by atoms with Crippen molar-refractivity contribution in [1.29, 1.82) is 0 Å². The van der Waals surface area contributed by atoms with Gasteiger partial charge in [0.1, 0.15) is 10.6 Å². The zero-order valence-electron chi connectivity index (χ0n) is 12.1. The Balaban J connectivity index is 2.39. The number of aliphatic hydroxyl groups excluding tert-OH is 1. The van der Waals surface area contributed by atoms with Gasteiger partial charge in [0.05, 0.1) is 19.4 Å². The molecule has 7 heteroatoms. The van der Waals surface area contributed by atoms with Crippen molar-refractivity contribution in [2.24, 2.45) is 7.05 Å². The average molecular weight is 310 g/mol. The molecule has 0 amide bonds. The van der Waals surface area contributed by atoms with Crippen molar-refractivity contribution in [2.75, 3.05) is 11.8 Å². The summed E-state index contributed by atoms with van der Waals surface area (Å²) in [6, 6.07) is 6.68. The number of aromatic nitrogens is 1. The van der Waals surface area contributed by atoms with Gasteiger partial charge in [0.25, 0.3) is 10.0 Å². The number of anilines is 1. The van der Waals surface area contributed by atoms with E-state index in [1.165, 1.54) is 19.4 Å². The molecule has 114 valence electrons. The van der Waals surface area contributed by atoms with E-state index >= 15 is 0 Å². The fourth-order valence-electron chi connectivity index (χ4n) is 1.99. The van der Waals surface area contributed by atoms with Gasteiger partial charge >= 0.3 is 0 Å². The molecule has 0 unspecified atom stereocenters. The molecule has 0 radical (unpaired) electrons. The van der Waals surface area contributed by atoms with Crippen molar-refractivity contribution in [3.05, 3.63) is 41.7 Å². The molecule has 1 heterocycles. The molecule has 1 aromatic heterocycles. The van der Waals surface area contributed by atoms with Crippen LogP contribution in [-0.4, -0.2) is 25.2 Å². The molecule has 2 rings (SSSR count). The highest BCUT2D eigenvalue weighted by Gasteiger charge is 2.19. The average Bonchev–Trinajstić information content (AvgIpc) is 2.81. The largest absolute Gasteiger partial charge is 0.495 e. The highest BCUT2D eigenvalue weighted by Crippen LogP contribution is 2.28.